The predicted octanol–water partition coefficient (Wildman–Crippen LogP) is 7.26. The van der Waals surface area contributed by atoms with Gasteiger partial charge in [0.25, 0.3) is 0 Å². The highest BCUT2D eigenvalue weighted by Crippen LogP contribution is 2.34. The van der Waals surface area contributed by atoms with Crippen LogP contribution >= 0.6 is 50.7 Å². The Bertz CT molecular complexity index is 1350. The van der Waals surface area contributed by atoms with Crippen molar-refractivity contribution >= 4 is 72.4 Å². The number of anilines is 1. The summed E-state index contributed by atoms with van der Waals surface area (Å²) in [6.45, 7) is -1.04. The first-order chi connectivity index (χ1) is 16.3. The van der Waals surface area contributed by atoms with E-state index in [0.717, 1.165) is 16.4 Å². The lowest BCUT2D eigenvalue weighted by Gasteiger charge is -2.23. The summed E-state index contributed by atoms with van der Waals surface area (Å²) >= 11 is 21.3. The molecule has 1 amide bonds. The van der Waals surface area contributed by atoms with Gasteiger partial charge in [0.15, 0.2) is 0 Å². The van der Waals surface area contributed by atoms with Crippen LogP contribution in [0.4, 0.5) is 18.9 Å². The molecule has 1 N–H and O–H groups in total. The highest BCUT2D eigenvalue weighted by Gasteiger charge is 2.32. The lowest BCUT2D eigenvalue weighted by Crippen LogP contribution is -2.37. The van der Waals surface area contributed by atoms with Crippen molar-refractivity contribution in [2.45, 2.75) is 17.6 Å². The van der Waals surface area contributed by atoms with Gasteiger partial charge in [0.2, 0.25) is 15.9 Å². The zero-order chi connectivity index (χ0) is 26.0. The molecule has 0 atom stereocenters. The van der Waals surface area contributed by atoms with Gasteiger partial charge in [-0.3, -0.25) is 4.79 Å². The maximum Gasteiger partial charge on any atom is 0.416 e. The third-order valence-corrected chi connectivity index (χ3v) is 7.95. The molecular formula is C22H15BrCl3F3N2O3S. The van der Waals surface area contributed by atoms with Crippen molar-refractivity contribution in [3.05, 3.63) is 91.3 Å². The van der Waals surface area contributed by atoms with Crippen LogP contribution in [0.15, 0.2) is 70.0 Å². The number of nitrogens with one attached hydrogen (secondary N) is 1. The Kier molecular flexibility index (Phi) is 8.77. The van der Waals surface area contributed by atoms with Gasteiger partial charge in [-0.15, -0.1) is 0 Å². The second-order valence-electron chi connectivity index (χ2n) is 7.20. The SMILES string of the molecule is O=C(CN(Cc1ccc(Cl)cc1Cl)S(=O)(=O)c1ccc(Br)cc1)Nc1cc(C(F)(F)F)ccc1Cl. The molecule has 0 spiro atoms. The van der Waals surface area contributed by atoms with Crippen LogP contribution in [0.25, 0.3) is 0 Å². The van der Waals surface area contributed by atoms with Gasteiger partial charge < -0.3 is 5.32 Å². The molecule has 0 saturated carbocycles. The number of halogens is 7. The van der Waals surface area contributed by atoms with E-state index in [-0.39, 0.29) is 27.2 Å². The third-order valence-electron chi connectivity index (χ3n) is 4.70. The Labute approximate surface area is 223 Å². The van der Waals surface area contributed by atoms with Gasteiger partial charge in [0.05, 0.1) is 27.7 Å². The van der Waals surface area contributed by atoms with Gasteiger partial charge in [-0.25, -0.2) is 8.42 Å². The number of amides is 1. The Morgan fingerprint density at radius 2 is 1.60 bits per heavy atom. The van der Waals surface area contributed by atoms with Gasteiger partial charge in [-0.05, 0) is 60.2 Å². The van der Waals surface area contributed by atoms with Gasteiger partial charge in [-0.1, -0.05) is 56.8 Å². The van der Waals surface area contributed by atoms with Crippen molar-refractivity contribution < 1.29 is 26.4 Å². The number of benzene rings is 3. The molecule has 3 aromatic carbocycles. The predicted molar refractivity (Wildman–Crippen MR) is 133 cm³/mol. The normalized spacial score (nSPS) is 12.1. The van der Waals surface area contributed by atoms with E-state index in [1.807, 2.05) is 0 Å². The standard InChI is InChI=1S/C22H15BrCl3F3N2O3S/c23-15-3-6-17(7-4-15)35(33,34)31(11-13-1-5-16(24)10-19(13)26)12-21(32)30-20-9-14(22(27,28)29)2-8-18(20)25/h1-10H,11-12H2,(H,30,32). The second-order valence-corrected chi connectivity index (χ2v) is 11.3. The highest BCUT2D eigenvalue weighted by atomic mass is 79.9. The summed E-state index contributed by atoms with van der Waals surface area (Å²) in [7, 11) is -4.22. The van der Waals surface area contributed by atoms with Crippen LogP contribution < -0.4 is 5.32 Å². The maximum absolute atomic E-state index is 13.4. The Morgan fingerprint density at radius 3 is 2.20 bits per heavy atom. The maximum atomic E-state index is 13.4. The minimum Gasteiger partial charge on any atom is -0.324 e. The number of hydrogen-bond donors (Lipinski definition) is 1. The molecule has 0 unspecified atom stereocenters. The smallest absolute Gasteiger partial charge is 0.324 e. The number of sulfonamides is 1. The second kappa shape index (κ2) is 11.1. The summed E-state index contributed by atoms with van der Waals surface area (Å²) < 4.78 is 67.4. The van der Waals surface area contributed by atoms with Crippen LogP contribution in [-0.4, -0.2) is 25.2 Å². The van der Waals surface area contributed by atoms with Crippen molar-refractivity contribution in [1.29, 1.82) is 0 Å². The summed E-state index contributed by atoms with van der Waals surface area (Å²) in [4.78, 5) is 12.7. The Morgan fingerprint density at radius 1 is 0.943 bits per heavy atom. The van der Waals surface area contributed by atoms with E-state index in [4.69, 9.17) is 34.8 Å². The molecule has 0 aliphatic carbocycles. The van der Waals surface area contributed by atoms with Gasteiger partial charge >= 0.3 is 6.18 Å². The molecule has 0 saturated heterocycles. The number of carbonyl (C=O) groups excluding carboxylic acids is 1. The van der Waals surface area contributed by atoms with Crippen LogP contribution in [-0.2, 0) is 27.5 Å². The first-order valence-corrected chi connectivity index (χ1v) is 13.0. The molecule has 0 heterocycles. The topological polar surface area (TPSA) is 66.5 Å². The van der Waals surface area contributed by atoms with Crippen LogP contribution in [0, 0.1) is 0 Å². The van der Waals surface area contributed by atoms with Crippen LogP contribution in [0.2, 0.25) is 15.1 Å². The van der Waals surface area contributed by atoms with Crippen molar-refractivity contribution in [2.24, 2.45) is 0 Å². The number of rotatable bonds is 7. The molecule has 0 fully saturated rings. The van der Waals surface area contributed by atoms with E-state index in [1.165, 1.54) is 42.5 Å². The van der Waals surface area contributed by atoms with Crippen LogP contribution in [0.5, 0.6) is 0 Å². The van der Waals surface area contributed by atoms with Gasteiger partial charge in [-0.2, -0.15) is 17.5 Å². The molecule has 35 heavy (non-hydrogen) atoms. The number of hydrogen-bond acceptors (Lipinski definition) is 3. The summed E-state index contributed by atoms with van der Waals surface area (Å²) in [6.07, 6.45) is -4.66. The van der Waals surface area contributed by atoms with E-state index < -0.39 is 34.2 Å². The minimum atomic E-state index is -4.66. The van der Waals surface area contributed by atoms with Crippen molar-refractivity contribution in [3.8, 4) is 0 Å². The zero-order valence-electron chi connectivity index (χ0n) is 17.4. The summed E-state index contributed by atoms with van der Waals surface area (Å²) in [5.74, 6) is -0.906. The van der Waals surface area contributed by atoms with E-state index in [1.54, 1.807) is 0 Å². The fourth-order valence-corrected chi connectivity index (χ4v) is 5.24. The first kappa shape index (κ1) is 27.8. The largest absolute Gasteiger partial charge is 0.416 e. The molecule has 0 bridgehead atoms. The fraction of sp³-hybridized carbons (Fsp3) is 0.136. The summed E-state index contributed by atoms with van der Waals surface area (Å²) in [5, 5.41) is 2.62. The molecule has 13 heteroatoms. The average molecular weight is 631 g/mol. The van der Waals surface area contributed by atoms with Crippen molar-refractivity contribution in [3.63, 3.8) is 0 Å². The summed E-state index contributed by atoms with van der Waals surface area (Å²) in [6, 6.07) is 12.6. The third kappa shape index (κ3) is 7.12. The molecule has 0 aromatic heterocycles. The zero-order valence-corrected chi connectivity index (χ0v) is 22.1. The lowest BCUT2D eigenvalue weighted by atomic mass is 10.2. The number of nitrogens with zero attached hydrogens (tertiary/aromatic N) is 1. The molecule has 5 nitrogen and oxygen atoms in total. The fourth-order valence-electron chi connectivity index (χ4n) is 2.97. The molecular weight excluding hydrogens is 616 g/mol. The van der Waals surface area contributed by atoms with Crippen molar-refractivity contribution in [1.82, 2.24) is 4.31 Å². The molecule has 186 valence electrons. The molecule has 0 aliphatic heterocycles. The van der Waals surface area contributed by atoms with E-state index in [9.17, 15) is 26.4 Å². The molecule has 3 rings (SSSR count). The Balaban J connectivity index is 1.93. The number of alkyl halides is 3. The molecule has 3 aromatic rings. The molecule has 0 radical (unpaired) electrons. The highest BCUT2D eigenvalue weighted by molar-refractivity contribution is 9.10. The van der Waals surface area contributed by atoms with Crippen LogP contribution in [0.3, 0.4) is 0 Å². The Hall–Kier alpha value is -1.82. The lowest BCUT2D eigenvalue weighted by molar-refractivity contribution is -0.137. The summed E-state index contributed by atoms with van der Waals surface area (Å²) in [5.41, 5.74) is -0.969. The minimum absolute atomic E-state index is 0.101. The van der Waals surface area contributed by atoms with Crippen LogP contribution in [0.1, 0.15) is 11.1 Å². The quantitative estimate of drug-likeness (QED) is 0.299. The van der Waals surface area contributed by atoms with Gasteiger partial charge in [0, 0.05) is 21.1 Å². The van der Waals surface area contributed by atoms with Gasteiger partial charge in [0.1, 0.15) is 0 Å². The first-order valence-electron chi connectivity index (χ1n) is 9.63. The monoisotopic (exact) mass is 628 g/mol. The van der Waals surface area contributed by atoms with E-state index in [2.05, 4.69) is 21.2 Å². The number of carbonyl (C=O) groups is 1. The molecule has 0 aliphatic rings. The van der Waals surface area contributed by atoms with Crippen molar-refractivity contribution in [2.75, 3.05) is 11.9 Å². The van der Waals surface area contributed by atoms with E-state index >= 15 is 0 Å². The van der Waals surface area contributed by atoms with E-state index in [0.29, 0.717) is 21.1 Å². The average Bonchev–Trinajstić information content (AvgIpc) is 2.76.